The summed E-state index contributed by atoms with van der Waals surface area (Å²) in [4.78, 5) is 18.3. The molecule has 1 aromatic rings. The highest BCUT2D eigenvalue weighted by Gasteiger charge is 2.28. The minimum absolute atomic E-state index is 0.121. The molecule has 0 aliphatic heterocycles. The highest BCUT2D eigenvalue weighted by Crippen LogP contribution is 2.53. The molecule has 0 fully saturated rings. The summed E-state index contributed by atoms with van der Waals surface area (Å²) in [7, 11) is -4.17. The second kappa shape index (κ2) is 4.21. The molecule has 90 valence electrons. The monoisotopic (exact) mass is 244 g/mol. The molecule has 0 saturated carbocycles. The van der Waals surface area contributed by atoms with Gasteiger partial charge in [0.05, 0.1) is 5.66 Å². The van der Waals surface area contributed by atoms with Gasteiger partial charge in [-0.05, 0) is 49.9 Å². The molecule has 0 aliphatic carbocycles. The van der Waals surface area contributed by atoms with Gasteiger partial charge in [0.25, 0.3) is 0 Å². The topological polar surface area (TPSA) is 77.8 Å². The van der Waals surface area contributed by atoms with Gasteiger partial charge in [0.2, 0.25) is 0 Å². The lowest BCUT2D eigenvalue weighted by atomic mass is 9.97. The van der Waals surface area contributed by atoms with Gasteiger partial charge in [-0.15, -0.1) is 0 Å². The summed E-state index contributed by atoms with van der Waals surface area (Å²) in [5.74, 6) is 0.121. The first kappa shape index (κ1) is 13.2. The Morgan fingerprint density at radius 2 is 1.69 bits per heavy atom. The summed E-state index contributed by atoms with van der Waals surface area (Å²) < 4.78 is 11.2. The molecule has 4 nitrogen and oxygen atoms in total. The molecule has 0 radical (unpaired) electrons. The van der Waals surface area contributed by atoms with Crippen molar-refractivity contribution in [2.45, 2.75) is 33.4 Å². The van der Waals surface area contributed by atoms with Crippen LogP contribution >= 0.6 is 7.60 Å². The lowest BCUT2D eigenvalue weighted by Gasteiger charge is -2.19. The maximum atomic E-state index is 11.2. The van der Waals surface area contributed by atoms with Crippen molar-refractivity contribution < 1.29 is 19.5 Å². The number of phenolic OH excluding ortho intramolecular Hbond substituents is 1. The van der Waals surface area contributed by atoms with Crippen LogP contribution in [0.3, 0.4) is 0 Å². The molecule has 1 unspecified atom stereocenters. The first-order valence-electron chi connectivity index (χ1n) is 5.01. The maximum absolute atomic E-state index is 11.2. The fraction of sp³-hybridized carbons (Fsp3) is 0.455. The predicted molar refractivity (Wildman–Crippen MR) is 62.8 cm³/mol. The van der Waals surface area contributed by atoms with Crippen molar-refractivity contribution in [2.75, 3.05) is 0 Å². The normalized spacial score (nSPS) is 13.9. The summed E-state index contributed by atoms with van der Waals surface area (Å²) in [6, 6.07) is 1.73. The van der Waals surface area contributed by atoms with Gasteiger partial charge >= 0.3 is 7.60 Å². The van der Waals surface area contributed by atoms with Gasteiger partial charge in [-0.1, -0.05) is 6.07 Å². The third-order valence-electron chi connectivity index (χ3n) is 3.06. The molecule has 0 saturated heterocycles. The summed E-state index contributed by atoms with van der Waals surface area (Å²) >= 11 is 0. The van der Waals surface area contributed by atoms with E-state index in [0.717, 1.165) is 11.1 Å². The van der Waals surface area contributed by atoms with Crippen LogP contribution in [-0.4, -0.2) is 14.9 Å². The van der Waals surface area contributed by atoms with Crippen molar-refractivity contribution in [1.29, 1.82) is 0 Å². The van der Waals surface area contributed by atoms with Gasteiger partial charge in [0.1, 0.15) is 5.75 Å². The molecular weight excluding hydrogens is 227 g/mol. The fourth-order valence-corrected chi connectivity index (χ4v) is 2.30. The number of aryl methyl sites for hydroxylation is 1. The molecule has 0 spiro atoms. The standard InChI is InChI=1S/C11H17O4P/c1-6-5-10(9(4)16(13,14)15)8(3)11(12)7(6)2/h5,9,12H,1-4H3,(H2,13,14,15). The van der Waals surface area contributed by atoms with Gasteiger partial charge in [0, 0.05) is 0 Å². The number of rotatable bonds is 2. The first-order valence-corrected chi connectivity index (χ1v) is 6.69. The third-order valence-corrected chi connectivity index (χ3v) is 4.35. The van der Waals surface area contributed by atoms with Crippen molar-refractivity contribution in [3.63, 3.8) is 0 Å². The van der Waals surface area contributed by atoms with Crippen molar-refractivity contribution in [1.82, 2.24) is 0 Å². The van der Waals surface area contributed by atoms with E-state index in [4.69, 9.17) is 9.79 Å². The molecule has 0 bridgehead atoms. The van der Waals surface area contributed by atoms with E-state index < -0.39 is 13.3 Å². The molecule has 16 heavy (non-hydrogen) atoms. The Hall–Kier alpha value is -0.830. The average molecular weight is 244 g/mol. The Bertz CT molecular complexity index is 462. The van der Waals surface area contributed by atoms with Crippen LogP contribution < -0.4 is 0 Å². The Morgan fingerprint density at radius 3 is 2.12 bits per heavy atom. The molecule has 0 aliphatic rings. The second-order valence-corrected chi connectivity index (χ2v) is 6.10. The Labute approximate surface area is 95.1 Å². The minimum Gasteiger partial charge on any atom is -0.507 e. The zero-order chi connectivity index (χ0) is 12.7. The van der Waals surface area contributed by atoms with Gasteiger partial charge in [0.15, 0.2) is 0 Å². The Kier molecular flexibility index (Phi) is 3.48. The van der Waals surface area contributed by atoms with E-state index in [1.165, 1.54) is 6.92 Å². The number of hydrogen-bond acceptors (Lipinski definition) is 2. The molecule has 1 rings (SSSR count). The lowest BCUT2D eigenvalue weighted by molar-refractivity contribution is 0.361. The van der Waals surface area contributed by atoms with Crippen molar-refractivity contribution in [3.05, 3.63) is 28.3 Å². The van der Waals surface area contributed by atoms with E-state index >= 15 is 0 Å². The Morgan fingerprint density at radius 1 is 1.19 bits per heavy atom. The smallest absolute Gasteiger partial charge is 0.332 e. The van der Waals surface area contributed by atoms with E-state index in [1.54, 1.807) is 19.9 Å². The molecule has 1 atom stereocenters. The SMILES string of the molecule is Cc1cc(C(C)P(=O)(O)O)c(C)c(O)c1C. The van der Waals surface area contributed by atoms with Crippen LogP contribution in [0.15, 0.2) is 6.07 Å². The number of benzene rings is 1. The number of hydrogen-bond donors (Lipinski definition) is 3. The quantitative estimate of drug-likeness (QED) is 0.698. The number of aromatic hydroxyl groups is 1. The van der Waals surface area contributed by atoms with Crippen LogP contribution in [0, 0.1) is 20.8 Å². The molecule has 0 heterocycles. The molecule has 5 heteroatoms. The van der Waals surface area contributed by atoms with Crippen LogP contribution in [0.5, 0.6) is 5.75 Å². The van der Waals surface area contributed by atoms with E-state index in [2.05, 4.69) is 0 Å². The fourth-order valence-electron chi connectivity index (χ4n) is 1.67. The average Bonchev–Trinajstić information content (AvgIpc) is 2.18. The van der Waals surface area contributed by atoms with E-state index in [9.17, 15) is 9.67 Å². The van der Waals surface area contributed by atoms with Crippen molar-refractivity contribution >= 4 is 7.60 Å². The highest BCUT2D eigenvalue weighted by molar-refractivity contribution is 7.52. The largest absolute Gasteiger partial charge is 0.507 e. The Balaban J connectivity index is 3.42. The van der Waals surface area contributed by atoms with E-state index in [1.807, 2.05) is 6.92 Å². The van der Waals surface area contributed by atoms with Crippen LogP contribution in [0.2, 0.25) is 0 Å². The van der Waals surface area contributed by atoms with Gasteiger partial charge in [-0.25, -0.2) is 0 Å². The van der Waals surface area contributed by atoms with Crippen LogP contribution in [0.4, 0.5) is 0 Å². The second-order valence-electron chi connectivity index (χ2n) is 4.15. The van der Waals surface area contributed by atoms with Crippen LogP contribution in [-0.2, 0) is 4.57 Å². The third kappa shape index (κ3) is 2.29. The zero-order valence-electron chi connectivity index (χ0n) is 9.85. The van der Waals surface area contributed by atoms with E-state index in [0.29, 0.717) is 11.1 Å². The molecule has 1 aromatic carbocycles. The van der Waals surface area contributed by atoms with Crippen LogP contribution in [0.25, 0.3) is 0 Å². The summed E-state index contributed by atoms with van der Waals surface area (Å²) in [6.07, 6.45) is 0. The van der Waals surface area contributed by atoms with Gasteiger partial charge in [-0.2, -0.15) is 0 Å². The highest BCUT2D eigenvalue weighted by atomic mass is 31.2. The van der Waals surface area contributed by atoms with Crippen molar-refractivity contribution in [3.8, 4) is 5.75 Å². The minimum atomic E-state index is -4.17. The van der Waals surface area contributed by atoms with E-state index in [-0.39, 0.29) is 5.75 Å². The lowest BCUT2D eigenvalue weighted by Crippen LogP contribution is -2.00. The maximum Gasteiger partial charge on any atom is 0.332 e. The summed E-state index contributed by atoms with van der Waals surface area (Å²) in [5, 5.41) is 9.83. The zero-order valence-corrected chi connectivity index (χ0v) is 10.7. The van der Waals surface area contributed by atoms with Gasteiger partial charge < -0.3 is 14.9 Å². The number of phenols is 1. The van der Waals surface area contributed by atoms with Gasteiger partial charge in [-0.3, -0.25) is 4.57 Å². The molecule has 3 N–H and O–H groups in total. The predicted octanol–water partition coefficient (Wildman–Crippen LogP) is 2.56. The molecule has 0 amide bonds. The molecular formula is C11H17O4P. The molecule has 0 aromatic heterocycles. The summed E-state index contributed by atoms with van der Waals surface area (Å²) in [5.41, 5.74) is 1.74. The first-order chi connectivity index (χ1) is 7.16. The summed E-state index contributed by atoms with van der Waals surface area (Å²) in [6.45, 7) is 6.73. The van der Waals surface area contributed by atoms with Crippen LogP contribution in [0.1, 0.15) is 34.8 Å². The van der Waals surface area contributed by atoms with Crippen molar-refractivity contribution in [2.24, 2.45) is 0 Å².